The molecule has 5 rings (SSSR count). The Morgan fingerprint density at radius 1 is 0.968 bits per heavy atom. The zero-order valence-corrected chi connectivity index (χ0v) is 17.7. The third-order valence-electron chi connectivity index (χ3n) is 5.20. The Morgan fingerprint density at radius 3 is 2.35 bits per heavy atom. The minimum Gasteiger partial charge on any atom is -0.494 e. The van der Waals surface area contributed by atoms with Crippen LogP contribution in [0.2, 0.25) is 0 Å². The summed E-state index contributed by atoms with van der Waals surface area (Å²) in [5, 5.41) is 0.491. The van der Waals surface area contributed by atoms with Gasteiger partial charge in [-0.2, -0.15) is 0 Å². The molecule has 7 nitrogen and oxygen atoms in total. The number of nitrogens with zero attached hydrogens (tertiary/aromatic N) is 5. The highest BCUT2D eigenvalue weighted by molar-refractivity contribution is 6.05. The van der Waals surface area contributed by atoms with Crippen LogP contribution in [0.5, 0.6) is 5.75 Å². The van der Waals surface area contributed by atoms with Crippen LogP contribution in [0.3, 0.4) is 0 Å². The van der Waals surface area contributed by atoms with Gasteiger partial charge >= 0.3 is 0 Å². The van der Waals surface area contributed by atoms with E-state index in [9.17, 15) is 4.79 Å². The van der Waals surface area contributed by atoms with E-state index in [1.165, 1.54) is 0 Å². The minimum absolute atomic E-state index is 0.0991. The molecule has 0 N–H and O–H groups in total. The number of benzene rings is 2. The van der Waals surface area contributed by atoms with E-state index in [0.717, 1.165) is 22.5 Å². The molecule has 0 radical (unpaired) electrons. The second-order valence-electron chi connectivity index (χ2n) is 7.94. The first kappa shape index (κ1) is 19.2. The fraction of sp³-hybridized carbons (Fsp3) is 0.250. The van der Waals surface area contributed by atoms with E-state index in [2.05, 4.69) is 18.8 Å². The lowest BCUT2D eigenvalue weighted by molar-refractivity contribution is 0.340. The van der Waals surface area contributed by atoms with Gasteiger partial charge in [0.25, 0.3) is 5.56 Å². The average Bonchev–Trinajstić information content (AvgIpc) is 3.08. The van der Waals surface area contributed by atoms with Crippen LogP contribution in [0.4, 0.5) is 0 Å². The van der Waals surface area contributed by atoms with Crippen LogP contribution in [0, 0.1) is 5.92 Å². The van der Waals surface area contributed by atoms with E-state index in [0.29, 0.717) is 41.3 Å². The second-order valence-corrected chi connectivity index (χ2v) is 7.94. The Balaban J connectivity index is 1.87. The predicted octanol–water partition coefficient (Wildman–Crippen LogP) is 4.34. The zero-order valence-electron chi connectivity index (χ0n) is 17.7. The molecule has 0 saturated carbocycles. The van der Waals surface area contributed by atoms with Gasteiger partial charge in [-0.3, -0.25) is 13.9 Å². The normalized spacial score (nSPS) is 11.7. The van der Waals surface area contributed by atoms with Crippen molar-refractivity contribution in [1.82, 2.24) is 24.1 Å². The molecule has 3 heterocycles. The molecule has 156 valence electrons. The smallest absolute Gasteiger partial charge is 0.265 e. The maximum atomic E-state index is 13.4. The van der Waals surface area contributed by atoms with Crippen molar-refractivity contribution in [2.45, 2.75) is 27.3 Å². The van der Waals surface area contributed by atoms with Gasteiger partial charge in [-0.25, -0.2) is 15.0 Å². The molecule has 7 heteroatoms. The molecule has 0 aliphatic rings. The van der Waals surface area contributed by atoms with Crippen LogP contribution >= 0.6 is 0 Å². The topological polar surface area (TPSA) is 74.8 Å². The lowest BCUT2D eigenvalue weighted by Gasteiger charge is -2.10. The maximum absolute atomic E-state index is 13.4. The number of rotatable bonds is 5. The predicted molar refractivity (Wildman–Crippen MR) is 122 cm³/mol. The van der Waals surface area contributed by atoms with E-state index in [1.54, 1.807) is 10.9 Å². The Labute approximate surface area is 179 Å². The first-order chi connectivity index (χ1) is 15.1. The van der Waals surface area contributed by atoms with Crippen LogP contribution in [0.1, 0.15) is 20.8 Å². The third-order valence-corrected chi connectivity index (χ3v) is 5.20. The van der Waals surface area contributed by atoms with Gasteiger partial charge in [0, 0.05) is 12.2 Å². The number of fused-ring (bicyclic) bond motifs is 4. The summed E-state index contributed by atoms with van der Waals surface area (Å²) in [5.74, 6) is 1.11. The summed E-state index contributed by atoms with van der Waals surface area (Å²) in [6, 6.07) is 15.4. The van der Waals surface area contributed by atoms with Gasteiger partial charge in [-0.15, -0.1) is 0 Å². The number of para-hydroxylation sites is 2. The summed E-state index contributed by atoms with van der Waals surface area (Å²) in [7, 11) is 0. The van der Waals surface area contributed by atoms with Crippen molar-refractivity contribution in [3.8, 4) is 11.4 Å². The zero-order chi connectivity index (χ0) is 21.5. The lowest BCUT2D eigenvalue weighted by Crippen LogP contribution is -2.23. The van der Waals surface area contributed by atoms with Crippen molar-refractivity contribution >= 4 is 33.2 Å². The van der Waals surface area contributed by atoms with Gasteiger partial charge in [0.05, 0.1) is 24.0 Å². The summed E-state index contributed by atoms with van der Waals surface area (Å²) in [6.45, 7) is 7.30. The Morgan fingerprint density at radius 2 is 1.68 bits per heavy atom. The van der Waals surface area contributed by atoms with Crippen LogP contribution < -0.4 is 10.3 Å². The van der Waals surface area contributed by atoms with Crippen molar-refractivity contribution in [2.24, 2.45) is 5.92 Å². The van der Waals surface area contributed by atoms with Crippen molar-refractivity contribution in [3.63, 3.8) is 0 Å². The van der Waals surface area contributed by atoms with E-state index in [-0.39, 0.29) is 5.56 Å². The van der Waals surface area contributed by atoms with Gasteiger partial charge < -0.3 is 4.74 Å². The van der Waals surface area contributed by atoms with E-state index >= 15 is 0 Å². The third kappa shape index (κ3) is 3.22. The van der Waals surface area contributed by atoms with Crippen LogP contribution in [0.25, 0.3) is 38.9 Å². The summed E-state index contributed by atoms with van der Waals surface area (Å²) in [6.07, 6.45) is 1.62. The molecule has 31 heavy (non-hydrogen) atoms. The molecular formula is C24H23N5O2. The average molecular weight is 413 g/mol. The lowest BCUT2D eigenvalue weighted by atomic mass is 10.2. The first-order valence-corrected chi connectivity index (χ1v) is 10.5. The molecule has 2 aromatic carbocycles. The molecular weight excluding hydrogens is 390 g/mol. The molecule has 0 aliphatic carbocycles. The van der Waals surface area contributed by atoms with E-state index in [4.69, 9.17) is 14.7 Å². The molecule has 0 unspecified atom stereocenters. The highest BCUT2D eigenvalue weighted by Crippen LogP contribution is 2.29. The Bertz CT molecular complexity index is 1470. The molecule has 0 amide bonds. The summed E-state index contributed by atoms with van der Waals surface area (Å²) >= 11 is 0. The minimum atomic E-state index is -0.0991. The second kappa shape index (κ2) is 7.50. The van der Waals surface area contributed by atoms with Gasteiger partial charge in [0.15, 0.2) is 11.3 Å². The highest BCUT2D eigenvalue weighted by Gasteiger charge is 2.21. The summed E-state index contributed by atoms with van der Waals surface area (Å²) in [4.78, 5) is 27.8. The van der Waals surface area contributed by atoms with Gasteiger partial charge in [0.1, 0.15) is 16.7 Å². The molecule has 0 atom stereocenters. The van der Waals surface area contributed by atoms with Crippen molar-refractivity contribution in [2.75, 3.05) is 6.61 Å². The van der Waals surface area contributed by atoms with Crippen molar-refractivity contribution in [3.05, 3.63) is 65.2 Å². The maximum Gasteiger partial charge on any atom is 0.265 e. The van der Waals surface area contributed by atoms with Crippen LogP contribution in [0.15, 0.2) is 59.7 Å². The van der Waals surface area contributed by atoms with Gasteiger partial charge in [-0.05, 0) is 49.2 Å². The van der Waals surface area contributed by atoms with Crippen LogP contribution in [-0.4, -0.2) is 30.7 Å². The van der Waals surface area contributed by atoms with E-state index in [1.807, 2.05) is 60.0 Å². The standard InChI is InChI=1S/C24H23N5O2/c1-4-31-17-11-9-16(10-12-17)29-22-20(24(30)28(14-25-22)13-15(2)3)21-23(29)27-19-8-6-5-7-18(19)26-21/h5-12,14-15H,4,13H2,1-3H3. The molecule has 0 aliphatic heterocycles. The quantitative estimate of drug-likeness (QED) is 0.428. The molecule has 0 spiro atoms. The van der Waals surface area contributed by atoms with Gasteiger partial charge in [-0.1, -0.05) is 26.0 Å². The highest BCUT2D eigenvalue weighted by atomic mass is 16.5. The van der Waals surface area contributed by atoms with Crippen molar-refractivity contribution < 1.29 is 4.74 Å². The molecule has 0 fully saturated rings. The molecule has 0 bridgehead atoms. The summed E-state index contributed by atoms with van der Waals surface area (Å²) < 4.78 is 9.14. The SMILES string of the molecule is CCOc1ccc(-n2c3nc4ccccc4nc3c3c(=O)n(CC(C)C)cnc32)cc1. The fourth-order valence-corrected chi connectivity index (χ4v) is 3.90. The van der Waals surface area contributed by atoms with Crippen LogP contribution in [-0.2, 0) is 6.54 Å². The number of ether oxygens (including phenoxy) is 1. The molecule has 3 aromatic heterocycles. The largest absolute Gasteiger partial charge is 0.494 e. The monoisotopic (exact) mass is 413 g/mol. The Kier molecular flexibility index (Phi) is 4.66. The Hall–Kier alpha value is -3.74. The summed E-state index contributed by atoms with van der Waals surface area (Å²) in [5.41, 5.74) is 4.01. The van der Waals surface area contributed by atoms with E-state index < -0.39 is 0 Å². The number of aromatic nitrogens is 5. The number of hydrogen-bond acceptors (Lipinski definition) is 5. The fourth-order valence-electron chi connectivity index (χ4n) is 3.90. The first-order valence-electron chi connectivity index (χ1n) is 10.5. The molecule has 0 saturated heterocycles. The molecule has 5 aromatic rings. The number of hydrogen-bond donors (Lipinski definition) is 0. The van der Waals surface area contributed by atoms with Crippen molar-refractivity contribution in [1.29, 1.82) is 0 Å². The van der Waals surface area contributed by atoms with Gasteiger partial charge in [0.2, 0.25) is 0 Å².